The molecule has 1 heterocycles. The van der Waals surface area contributed by atoms with Gasteiger partial charge in [-0.25, -0.2) is 0 Å². The lowest BCUT2D eigenvalue weighted by Gasteiger charge is -2.19. The van der Waals surface area contributed by atoms with Gasteiger partial charge >= 0.3 is 0 Å². The number of carbonyl (C=O) groups is 1. The fourth-order valence-electron chi connectivity index (χ4n) is 1.80. The molecule has 2 rings (SSSR count). The highest BCUT2D eigenvalue weighted by Gasteiger charge is 2.13. The van der Waals surface area contributed by atoms with E-state index in [1.807, 2.05) is 18.2 Å². The first-order valence-electron chi connectivity index (χ1n) is 6.25. The average molecular weight is 266 g/mol. The summed E-state index contributed by atoms with van der Waals surface area (Å²) in [5.74, 6) is 1.04. The Kier molecular flexibility index (Phi) is 4.59. The zero-order valence-electron chi connectivity index (χ0n) is 10.6. The minimum atomic E-state index is -1.14. The van der Waals surface area contributed by atoms with E-state index in [0.29, 0.717) is 26.2 Å². The predicted octanol–water partition coefficient (Wildman–Crippen LogP) is -0.564. The normalized spacial score (nSPS) is 14.8. The number of hydrogen-bond donors (Lipinski definition) is 3. The molecule has 1 atom stereocenters. The van der Waals surface area contributed by atoms with Crippen LogP contribution in [0.4, 0.5) is 0 Å². The van der Waals surface area contributed by atoms with Crippen LogP contribution in [0.5, 0.6) is 11.5 Å². The molecule has 0 fully saturated rings. The van der Waals surface area contributed by atoms with Crippen LogP contribution in [0.3, 0.4) is 0 Å². The summed E-state index contributed by atoms with van der Waals surface area (Å²) in [6, 6.07) is 5.69. The molecule has 1 unspecified atom stereocenters. The summed E-state index contributed by atoms with van der Waals surface area (Å²) in [5.41, 5.74) is 6.22. The molecule has 6 nitrogen and oxygen atoms in total. The zero-order valence-corrected chi connectivity index (χ0v) is 10.6. The molecule has 6 heteroatoms. The monoisotopic (exact) mass is 266 g/mol. The van der Waals surface area contributed by atoms with Crippen LogP contribution in [0.1, 0.15) is 5.56 Å². The Morgan fingerprint density at radius 3 is 2.84 bits per heavy atom. The molecule has 0 radical (unpaired) electrons. The molecule has 104 valence electrons. The largest absolute Gasteiger partial charge is 0.486 e. The van der Waals surface area contributed by atoms with Gasteiger partial charge in [0.2, 0.25) is 5.91 Å². The van der Waals surface area contributed by atoms with Crippen molar-refractivity contribution < 1.29 is 19.4 Å². The first-order valence-corrected chi connectivity index (χ1v) is 6.25. The fourth-order valence-corrected chi connectivity index (χ4v) is 1.80. The standard InChI is InChI=1S/C13H18N2O4/c14-8-10(16)13(17)15-4-3-9-1-2-11-12(7-9)19-6-5-18-11/h1-2,7,10,16H,3-6,8,14H2,(H,15,17). The van der Waals surface area contributed by atoms with Gasteiger partial charge in [-0.2, -0.15) is 0 Å². The minimum absolute atomic E-state index is 0.0736. The number of rotatable bonds is 5. The molecule has 0 bridgehead atoms. The maximum absolute atomic E-state index is 11.3. The molecule has 0 spiro atoms. The number of benzene rings is 1. The maximum atomic E-state index is 11.3. The average Bonchev–Trinajstić information content (AvgIpc) is 2.46. The smallest absolute Gasteiger partial charge is 0.250 e. The van der Waals surface area contributed by atoms with Crippen molar-refractivity contribution in [3.05, 3.63) is 23.8 Å². The highest BCUT2D eigenvalue weighted by Crippen LogP contribution is 2.30. The van der Waals surface area contributed by atoms with E-state index in [4.69, 9.17) is 15.2 Å². The van der Waals surface area contributed by atoms with Gasteiger partial charge in [0.15, 0.2) is 11.5 Å². The van der Waals surface area contributed by atoms with Gasteiger partial charge in [0.1, 0.15) is 19.3 Å². The van der Waals surface area contributed by atoms with Crippen LogP contribution in [0, 0.1) is 0 Å². The van der Waals surface area contributed by atoms with Gasteiger partial charge in [-0.05, 0) is 24.1 Å². The van der Waals surface area contributed by atoms with Crippen LogP contribution in [0.15, 0.2) is 18.2 Å². The molecule has 0 saturated carbocycles. The lowest BCUT2D eigenvalue weighted by molar-refractivity contribution is -0.128. The molecule has 19 heavy (non-hydrogen) atoms. The first-order chi connectivity index (χ1) is 9.20. The number of amides is 1. The Morgan fingerprint density at radius 1 is 1.37 bits per heavy atom. The number of aliphatic hydroxyl groups excluding tert-OH is 1. The summed E-state index contributed by atoms with van der Waals surface area (Å²) in [7, 11) is 0. The summed E-state index contributed by atoms with van der Waals surface area (Å²) >= 11 is 0. The topological polar surface area (TPSA) is 93.8 Å². The number of nitrogens with two attached hydrogens (primary N) is 1. The van der Waals surface area contributed by atoms with Crippen molar-refractivity contribution in [3.8, 4) is 11.5 Å². The molecule has 1 amide bonds. The summed E-state index contributed by atoms with van der Waals surface area (Å²) in [4.78, 5) is 11.3. The van der Waals surface area contributed by atoms with Gasteiger partial charge in [-0.15, -0.1) is 0 Å². The molecule has 1 aromatic rings. The highest BCUT2D eigenvalue weighted by molar-refractivity contribution is 5.80. The van der Waals surface area contributed by atoms with Gasteiger partial charge < -0.3 is 25.6 Å². The molecule has 4 N–H and O–H groups in total. The molecule has 0 saturated heterocycles. The fraction of sp³-hybridized carbons (Fsp3) is 0.462. The minimum Gasteiger partial charge on any atom is -0.486 e. The summed E-state index contributed by atoms with van der Waals surface area (Å²) < 4.78 is 10.9. The van der Waals surface area contributed by atoms with Crippen molar-refractivity contribution in [1.29, 1.82) is 0 Å². The second-order valence-electron chi connectivity index (χ2n) is 4.27. The number of carbonyl (C=O) groups excluding carboxylic acids is 1. The third-order valence-corrected chi connectivity index (χ3v) is 2.85. The second-order valence-corrected chi connectivity index (χ2v) is 4.27. The van der Waals surface area contributed by atoms with E-state index < -0.39 is 12.0 Å². The Hall–Kier alpha value is -1.79. The van der Waals surface area contributed by atoms with Crippen LogP contribution in [-0.4, -0.2) is 43.4 Å². The number of fused-ring (bicyclic) bond motifs is 1. The van der Waals surface area contributed by atoms with Crippen molar-refractivity contribution in [2.75, 3.05) is 26.3 Å². The van der Waals surface area contributed by atoms with Crippen molar-refractivity contribution in [2.45, 2.75) is 12.5 Å². The van der Waals surface area contributed by atoms with Crippen molar-refractivity contribution in [3.63, 3.8) is 0 Å². The van der Waals surface area contributed by atoms with Crippen LogP contribution in [0.25, 0.3) is 0 Å². The Morgan fingerprint density at radius 2 is 2.11 bits per heavy atom. The molecule has 1 aliphatic rings. The maximum Gasteiger partial charge on any atom is 0.250 e. The van der Waals surface area contributed by atoms with E-state index in [2.05, 4.69) is 5.32 Å². The summed E-state index contributed by atoms with van der Waals surface area (Å²) in [5, 5.41) is 11.8. The van der Waals surface area contributed by atoms with E-state index in [-0.39, 0.29) is 6.54 Å². The zero-order chi connectivity index (χ0) is 13.7. The summed E-state index contributed by atoms with van der Waals surface area (Å²) in [6.07, 6.45) is -0.486. The predicted molar refractivity (Wildman–Crippen MR) is 69.2 cm³/mol. The van der Waals surface area contributed by atoms with Crippen LogP contribution < -0.4 is 20.5 Å². The first kappa shape index (κ1) is 13.6. The Balaban J connectivity index is 1.85. The third kappa shape index (κ3) is 3.59. The summed E-state index contributed by atoms with van der Waals surface area (Å²) in [6.45, 7) is 1.49. The van der Waals surface area contributed by atoms with Crippen LogP contribution in [-0.2, 0) is 11.2 Å². The van der Waals surface area contributed by atoms with E-state index in [1.54, 1.807) is 0 Å². The van der Waals surface area contributed by atoms with Crippen molar-refractivity contribution in [2.24, 2.45) is 5.73 Å². The number of aliphatic hydroxyl groups is 1. The van der Waals surface area contributed by atoms with E-state index >= 15 is 0 Å². The number of hydrogen-bond acceptors (Lipinski definition) is 5. The van der Waals surface area contributed by atoms with Crippen LogP contribution in [0.2, 0.25) is 0 Å². The van der Waals surface area contributed by atoms with E-state index in [0.717, 1.165) is 17.1 Å². The van der Waals surface area contributed by atoms with Gasteiger partial charge in [-0.1, -0.05) is 6.07 Å². The lowest BCUT2D eigenvalue weighted by atomic mass is 10.1. The quantitative estimate of drug-likeness (QED) is 0.664. The third-order valence-electron chi connectivity index (χ3n) is 2.85. The van der Waals surface area contributed by atoms with Crippen molar-refractivity contribution in [1.82, 2.24) is 5.32 Å². The van der Waals surface area contributed by atoms with Gasteiger partial charge in [0.05, 0.1) is 0 Å². The van der Waals surface area contributed by atoms with E-state index in [1.165, 1.54) is 0 Å². The van der Waals surface area contributed by atoms with Crippen molar-refractivity contribution >= 4 is 5.91 Å². The van der Waals surface area contributed by atoms with Gasteiger partial charge in [-0.3, -0.25) is 4.79 Å². The molecule has 1 aliphatic heterocycles. The molecular weight excluding hydrogens is 248 g/mol. The SMILES string of the molecule is NCC(O)C(=O)NCCc1ccc2c(c1)OCCO2. The molecule has 0 aliphatic carbocycles. The Bertz CT molecular complexity index is 450. The highest BCUT2D eigenvalue weighted by atomic mass is 16.6. The van der Waals surface area contributed by atoms with Gasteiger partial charge in [0.25, 0.3) is 0 Å². The molecule has 0 aromatic heterocycles. The molecular formula is C13H18N2O4. The Labute approximate surface area is 111 Å². The second kappa shape index (κ2) is 6.40. The lowest BCUT2D eigenvalue weighted by Crippen LogP contribution is -2.39. The molecule has 1 aromatic carbocycles. The number of nitrogens with one attached hydrogen (secondary N) is 1. The van der Waals surface area contributed by atoms with Gasteiger partial charge in [0, 0.05) is 13.1 Å². The number of ether oxygens (including phenoxy) is 2. The van der Waals surface area contributed by atoms with E-state index in [9.17, 15) is 9.90 Å². The van der Waals surface area contributed by atoms with Crippen LogP contribution >= 0.6 is 0 Å².